The molecule has 0 aromatic heterocycles. The Morgan fingerprint density at radius 2 is 1.24 bits per heavy atom. The van der Waals surface area contributed by atoms with Crippen molar-refractivity contribution in [2.45, 2.75) is 150 Å². The Bertz CT molecular complexity index is 2570. The molecule has 71 heavy (non-hydrogen) atoms. The highest BCUT2D eigenvalue weighted by Crippen LogP contribution is 2.51. The second-order valence-corrected chi connectivity index (χ2v) is 20.6. The summed E-state index contributed by atoms with van der Waals surface area (Å²) in [4.78, 5) is 57.3. The van der Waals surface area contributed by atoms with Gasteiger partial charge in [-0.3, -0.25) is 4.79 Å². The molecule has 0 amide bonds. The highest BCUT2D eigenvalue weighted by Gasteiger charge is 2.45. The van der Waals surface area contributed by atoms with E-state index in [0.717, 1.165) is 88.0 Å². The molecule has 1 fully saturated rings. The van der Waals surface area contributed by atoms with Crippen molar-refractivity contribution in [2.24, 2.45) is 17.8 Å². The molecule has 0 saturated carbocycles. The third-order valence-electron chi connectivity index (χ3n) is 15.4. The number of halogens is 2. The Morgan fingerprint density at radius 1 is 0.761 bits per heavy atom. The largest absolute Gasteiger partial charge is 0.496 e. The molecule has 0 aliphatic carbocycles. The third-order valence-corrected chi connectivity index (χ3v) is 15.4. The highest BCUT2D eigenvalue weighted by atomic mass is 35.5. The topological polar surface area (TPSA) is 168 Å². The number of Topliss-reactive ketones (excluding diaryl/α,β-unsaturated/α-hetero) is 1. The van der Waals surface area contributed by atoms with E-state index in [9.17, 15) is 24.0 Å². The SMILES string of the molecule is C=C1OCc2c1cc(OC)c1c2O[C@@](C)(CCC=O)[C@@H](C)C1.COc1cc2c(c(C)c1C[C@H](C)[C@]1(C)CCC(=O)O1)COC2=O.COc1cc2c(c3c1C[C@H](C)[C@](C)(CCC(C)=O)O3)COC2=O.ClCCl. The Kier molecular flexibility index (Phi) is 17.4. The van der Waals surface area contributed by atoms with Crippen molar-refractivity contribution in [1.82, 2.24) is 0 Å². The standard InChI is InChI=1S/2C18H22O5.C18H22O4.CH2Cl2/c1-10(18(3)6-5-16(19)23-18)7-12-11(2)14-9-22-17(20)13(14)8-15(12)21-4;1-10-7-13-15(21-4)8-12-14(9-22-17(12)20)16(13)23-18(10,3)6-5-11(2)19;1-11-8-14-16(20-4)9-13-12(2)21-10-15(13)17(14)22-18(11,3)6-5-7-19;2-1-3/h2*8,10H,5-7,9H2,1-4H3;7,9,11H,2,5-6,8,10H2,1,3-4H3;1H2/t2*10-,18-;11-,18-;/m000./s1. The molecule has 6 aliphatic rings. The van der Waals surface area contributed by atoms with Crippen molar-refractivity contribution in [3.8, 4) is 28.7 Å². The second-order valence-electron chi connectivity index (χ2n) is 19.8. The molecule has 14 nitrogen and oxygen atoms in total. The van der Waals surface area contributed by atoms with Crippen molar-refractivity contribution >= 4 is 58.9 Å². The molecule has 6 atom stereocenters. The minimum Gasteiger partial charge on any atom is -0.496 e. The highest BCUT2D eigenvalue weighted by molar-refractivity contribution is 6.40. The van der Waals surface area contributed by atoms with Crippen molar-refractivity contribution in [2.75, 3.05) is 26.7 Å². The molecule has 0 unspecified atom stereocenters. The van der Waals surface area contributed by atoms with E-state index in [0.29, 0.717) is 85.4 Å². The number of carbonyl (C=O) groups excluding carboxylic acids is 5. The monoisotopic (exact) mass is 1020 g/mol. The van der Waals surface area contributed by atoms with Crippen molar-refractivity contribution in [1.29, 1.82) is 0 Å². The minimum absolute atomic E-state index is 0.129. The Labute approximate surface area is 427 Å². The van der Waals surface area contributed by atoms with Crippen LogP contribution in [0.4, 0.5) is 0 Å². The molecular weight excluding hydrogens is 955 g/mol. The molecular formula is C55H68Cl2O14. The van der Waals surface area contributed by atoms with E-state index in [4.69, 9.17) is 65.8 Å². The summed E-state index contributed by atoms with van der Waals surface area (Å²) >= 11 is 9.53. The van der Waals surface area contributed by atoms with Crippen LogP contribution in [-0.4, -0.2) is 73.4 Å². The van der Waals surface area contributed by atoms with Gasteiger partial charge in [-0.25, -0.2) is 9.59 Å². The lowest BCUT2D eigenvalue weighted by molar-refractivity contribution is -0.150. The van der Waals surface area contributed by atoms with Gasteiger partial charge in [-0.1, -0.05) is 27.4 Å². The summed E-state index contributed by atoms with van der Waals surface area (Å²) in [5, 5.41) is 0.194. The van der Waals surface area contributed by atoms with Gasteiger partial charge in [0.2, 0.25) is 0 Å². The number of hydrogen-bond donors (Lipinski definition) is 0. The van der Waals surface area contributed by atoms with Crippen LogP contribution in [0.25, 0.3) is 5.76 Å². The van der Waals surface area contributed by atoms with Gasteiger partial charge in [0.15, 0.2) is 0 Å². The summed E-state index contributed by atoms with van der Waals surface area (Å²) in [6.45, 7) is 21.1. The molecule has 0 N–H and O–H groups in total. The van der Waals surface area contributed by atoms with Gasteiger partial charge in [0.05, 0.1) is 37.8 Å². The lowest BCUT2D eigenvalue weighted by Crippen LogP contribution is -2.44. The summed E-state index contributed by atoms with van der Waals surface area (Å²) in [6, 6.07) is 5.51. The number of hydrogen-bond acceptors (Lipinski definition) is 14. The zero-order valence-electron chi connectivity index (χ0n) is 42.9. The number of methoxy groups -OCH3 is 3. The van der Waals surface area contributed by atoms with E-state index >= 15 is 0 Å². The van der Waals surface area contributed by atoms with Crippen LogP contribution < -0.4 is 23.7 Å². The van der Waals surface area contributed by atoms with Gasteiger partial charge in [-0.05, 0) is 120 Å². The number of fused-ring (bicyclic) bond motifs is 7. The number of rotatable bonds is 12. The quantitative estimate of drug-likeness (QED) is 0.0727. The van der Waals surface area contributed by atoms with Gasteiger partial charge < -0.3 is 52.2 Å². The molecule has 6 heterocycles. The zero-order chi connectivity index (χ0) is 52.2. The Morgan fingerprint density at radius 3 is 1.75 bits per heavy atom. The predicted octanol–water partition coefficient (Wildman–Crippen LogP) is 10.9. The fraction of sp³-hybridized carbons (Fsp3) is 0.545. The number of cyclic esters (lactones) is 3. The summed E-state index contributed by atoms with van der Waals surface area (Å²) in [6.07, 6.45) is 6.91. The molecule has 16 heteroatoms. The van der Waals surface area contributed by atoms with Gasteiger partial charge in [0.1, 0.15) is 83.2 Å². The number of alkyl halides is 2. The second kappa shape index (κ2) is 22.5. The summed E-state index contributed by atoms with van der Waals surface area (Å²) in [5.41, 5.74) is 7.78. The third kappa shape index (κ3) is 11.3. The normalized spacial score (nSPS) is 24.2. The number of esters is 3. The van der Waals surface area contributed by atoms with Gasteiger partial charge in [-0.15, -0.1) is 23.2 Å². The molecule has 0 spiro atoms. The smallest absolute Gasteiger partial charge is 0.339 e. The average Bonchev–Trinajstić information content (AvgIpc) is 4.12. The van der Waals surface area contributed by atoms with Gasteiger partial charge in [0.25, 0.3) is 0 Å². The van der Waals surface area contributed by atoms with Crippen LogP contribution in [0.1, 0.15) is 152 Å². The van der Waals surface area contributed by atoms with E-state index in [-0.39, 0.29) is 53.1 Å². The van der Waals surface area contributed by atoms with Crippen LogP contribution in [0.3, 0.4) is 0 Å². The molecule has 0 radical (unpaired) electrons. The van der Waals surface area contributed by atoms with Gasteiger partial charge in [0, 0.05) is 52.6 Å². The number of aldehydes is 1. The average molecular weight is 1020 g/mol. The molecule has 3 aromatic rings. The van der Waals surface area contributed by atoms with Crippen LogP contribution in [0.15, 0.2) is 24.8 Å². The minimum atomic E-state index is -0.445. The van der Waals surface area contributed by atoms with Gasteiger partial charge in [-0.2, -0.15) is 0 Å². The maximum Gasteiger partial charge on any atom is 0.339 e. The number of ether oxygens (including phenoxy) is 9. The number of carbonyl (C=O) groups is 5. The van der Waals surface area contributed by atoms with E-state index in [1.165, 1.54) is 0 Å². The van der Waals surface area contributed by atoms with E-state index in [2.05, 4.69) is 34.3 Å². The molecule has 9 rings (SSSR count). The predicted molar refractivity (Wildman–Crippen MR) is 268 cm³/mol. The molecule has 0 bridgehead atoms. The van der Waals surface area contributed by atoms with Crippen LogP contribution in [0.2, 0.25) is 0 Å². The Balaban J connectivity index is 0.000000169. The van der Waals surface area contributed by atoms with E-state index < -0.39 is 11.2 Å². The summed E-state index contributed by atoms with van der Waals surface area (Å²) in [5.74, 6) is 4.49. The number of benzene rings is 3. The van der Waals surface area contributed by atoms with Crippen molar-refractivity contribution in [3.05, 3.63) is 80.4 Å². The first kappa shape index (κ1) is 54.9. The van der Waals surface area contributed by atoms with Crippen LogP contribution in [0, 0.1) is 24.7 Å². The molecule has 6 aliphatic heterocycles. The molecule has 386 valence electrons. The van der Waals surface area contributed by atoms with Gasteiger partial charge >= 0.3 is 17.9 Å². The lowest BCUT2D eigenvalue weighted by Gasteiger charge is -2.42. The summed E-state index contributed by atoms with van der Waals surface area (Å²) in [7, 11) is 4.87. The van der Waals surface area contributed by atoms with E-state index in [1.54, 1.807) is 40.4 Å². The molecule has 3 aromatic carbocycles. The first-order chi connectivity index (χ1) is 33.6. The van der Waals surface area contributed by atoms with Crippen molar-refractivity contribution in [3.63, 3.8) is 0 Å². The zero-order valence-corrected chi connectivity index (χ0v) is 44.4. The first-order valence-electron chi connectivity index (χ1n) is 24.1. The van der Waals surface area contributed by atoms with Crippen LogP contribution in [-0.2, 0) is 72.4 Å². The maximum atomic E-state index is 11.9. The van der Waals surface area contributed by atoms with Crippen LogP contribution in [0.5, 0.6) is 28.7 Å². The maximum absolute atomic E-state index is 11.9. The summed E-state index contributed by atoms with van der Waals surface area (Å²) < 4.78 is 50.7. The fourth-order valence-corrected chi connectivity index (χ4v) is 10.2. The van der Waals surface area contributed by atoms with Crippen LogP contribution >= 0.6 is 23.2 Å². The van der Waals surface area contributed by atoms with Crippen molar-refractivity contribution < 1.29 is 66.6 Å². The molecule has 1 saturated heterocycles. The Hall–Kier alpha value is -5.47. The first-order valence-corrected chi connectivity index (χ1v) is 25.2. The number of ketones is 1. The van der Waals surface area contributed by atoms with E-state index in [1.807, 2.05) is 26.8 Å². The lowest BCUT2D eigenvalue weighted by atomic mass is 9.78. The fourth-order valence-electron chi connectivity index (χ4n) is 10.2.